The number of benzene rings is 1. The quantitative estimate of drug-likeness (QED) is 0.0143. The predicted molar refractivity (Wildman–Crippen MR) is 305 cm³/mol. The number of aromatic amines is 2. The number of primary amides is 1. The fourth-order valence-corrected chi connectivity index (χ4v) is 8.56. The van der Waals surface area contributed by atoms with Gasteiger partial charge in [-0.2, -0.15) is 0 Å². The number of unbranched alkanes of at least 4 members (excludes halogenated alkanes) is 2. The molecule has 3 rings (SSSR count). The number of aromatic nitrogens is 3. The number of nitrogens with one attached hydrogen (secondary N) is 10. The molecule has 3 aromatic rings. The Morgan fingerprint density at radius 2 is 0.917 bits per heavy atom. The van der Waals surface area contributed by atoms with Crippen molar-refractivity contribution >= 4 is 87.9 Å². The van der Waals surface area contributed by atoms with E-state index >= 15 is 0 Å². The summed E-state index contributed by atoms with van der Waals surface area (Å²) in [6.07, 6.45) is 3.08. The number of fused-ring (bicyclic) bond motifs is 1. The van der Waals surface area contributed by atoms with E-state index in [0.717, 1.165) is 0 Å². The lowest BCUT2D eigenvalue weighted by Crippen LogP contribution is -2.61. The zero-order valence-electron chi connectivity index (χ0n) is 46.7. The Hall–Kier alpha value is -9.40. The van der Waals surface area contributed by atoms with Gasteiger partial charge >= 0.3 is 11.9 Å². The number of carboxylic acid groups (broad SMARTS) is 2. The lowest BCUT2D eigenvalue weighted by atomic mass is 10.0. The van der Waals surface area contributed by atoms with Crippen LogP contribution in [0.25, 0.3) is 10.9 Å². The number of imidazole rings is 1. The molecular formula is C51H80N20O13. The molecule has 462 valence electrons. The molecule has 0 spiro atoms. The monoisotopic (exact) mass is 1180 g/mol. The van der Waals surface area contributed by atoms with E-state index in [9.17, 15) is 63.0 Å². The fraction of sp³-hybridized carbons (Fsp3) is 0.529. The van der Waals surface area contributed by atoms with Gasteiger partial charge < -0.3 is 103 Å². The van der Waals surface area contributed by atoms with Crippen molar-refractivity contribution in [2.24, 2.45) is 50.1 Å². The van der Waals surface area contributed by atoms with E-state index in [1.165, 1.54) is 19.4 Å². The van der Waals surface area contributed by atoms with E-state index in [1.54, 1.807) is 30.5 Å². The van der Waals surface area contributed by atoms with Crippen molar-refractivity contribution in [1.82, 2.24) is 57.5 Å². The summed E-state index contributed by atoms with van der Waals surface area (Å²) in [7, 11) is 0. The van der Waals surface area contributed by atoms with E-state index < -0.39 is 126 Å². The number of carbonyl (C=O) groups is 11. The van der Waals surface area contributed by atoms with Gasteiger partial charge in [0.2, 0.25) is 53.2 Å². The zero-order valence-corrected chi connectivity index (χ0v) is 46.7. The largest absolute Gasteiger partial charge is 0.481 e. The summed E-state index contributed by atoms with van der Waals surface area (Å²) < 4.78 is 0. The van der Waals surface area contributed by atoms with Crippen molar-refractivity contribution in [3.63, 3.8) is 0 Å². The maximum atomic E-state index is 14.4. The molecule has 8 atom stereocenters. The van der Waals surface area contributed by atoms with Gasteiger partial charge in [-0.15, -0.1) is 0 Å². The molecule has 33 heteroatoms. The number of hydrogen-bond acceptors (Lipinski definition) is 16. The molecule has 0 aliphatic rings. The fourth-order valence-electron chi connectivity index (χ4n) is 8.56. The minimum Gasteiger partial charge on any atom is -0.481 e. The third kappa shape index (κ3) is 25.2. The highest BCUT2D eigenvalue weighted by atomic mass is 16.4. The van der Waals surface area contributed by atoms with Crippen LogP contribution in [0, 0.1) is 0 Å². The maximum absolute atomic E-state index is 14.4. The first kappa shape index (κ1) is 68.9. The lowest BCUT2D eigenvalue weighted by Gasteiger charge is -2.27. The minimum absolute atomic E-state index is 0.0115. The maximum Gasteiger partial charge on any atom is 0.305 e. The molecule has 0 aliphatic heterocycles. The summed E-state index contributed by atoms with van der Waals surface area (Å²) in [5, 5.41) is 40.4. The Morgan fingerprint density at radius 3 is 1.36 bits per heavy atom. The van der Waals surface area contributed by atoms with E-state index in [-0.39, 0.29) is 88.6 Å². The van der Waals surface area contributed by atoms with Crippen molar-refractivity contribution in [2.75, 3.05) is 26.2 Å². The van der Waals surface area contributed by atoms with Crippen LogP contribution in [-0.2, 0) is 65.6 Å². The summed E-state index contributed by atoms with van der Waals surface area (Å²) in [6.45, 7) is 1.70. The minimum atomic E-state index is -2.00. The molecule has 0 bridgehead atoms. The van der Waals surface area contributed by atoms with Crippen molar-refractivity contribution < 1.29 is 63.0 Å². The summed E-state index contributed by atoms with van der Waals surface area (Å²) in [5.41, 5.74) is 40.1. The molecule has 0 unspecified atom stereocenters. The second-order valence-electron chi connectivity index (χ2n) is 19.6. The SMILES string of the molecule is CC(=O)N[C@@H](CCCCN)C(=O)N[C@@H](Cc1c[nH]c2ccccc12)C(=O)N[C@@H](CC(=O)O)C(=O)N[C@@H](CCCN=C(N)N)C(=O)N[C@@H](CC(=O)O)C(=O)N[C@@H](Cc1cnc[nH]1)C(=O)N[C@@H](CCCCN)C(=O)N[C@@H](CCCN=C(N)N)C(N)=O. The predicted octanol–water partition coefficient (Wildman–Crippen LogP) is -5.63. The van der Waals surface area contributed by atoms with E-state index in [0.29, 0.717) is 48.7 Å². The smallest absolute Gasteiger partial charge is 0.305 e. The van der Waals surface area contributed by atoms with Crippen molar-refractivity contribution in [1.29, 1.82) is 0 Å². The number of nitrogens with zero attached hydrogens (tertiary/aromatic N) is 3. The average molecular weight is 1180 g/mol. The lowest BCUT2D eigenvalue weighted by molar-refractivity contribution is -0.142. The highest BCUT2D eigenvalue weighted by molar-refractivity contribution is 6.00. The number of aliphatic imine (C=N–C) groups is 2. The Morgan fingerprint density at radius 1 is 0.512 bits per heavy atom. The molecule has 84 heavy (non-hydrogen) atoms. The number of rotatable bonds is 40. The number of carbonyl (C=O) groups excluding carboxylic acids is 9. The van der Waals surface area contributed by atoms with Crippen LogP contribution in [0.15, 0.2) is 53.0 Å². The standard InChI is InChI=1S/C51H80N20O13/c1-27(72)64-33(12-4-6-16-52)43(78)68-36(20-28-24-62-31-11-3-2-10-30(28)31)46(81)71-38(22-40(73)74)48(83)67-35(15-9-19-61-51(57)58)45(80)70-39(23-41(75)76)49(84)69-37(21-29-25-59-26-63-29)47(82)66-34(13-5-7-17-53)44(79)65-32(42(54)77)14-8-18-60-50(55)56/h2-3,10-11,24-26,32-39,62H,4-9,12-23,52-53H2,1H3,(H2,54,77)(H,59,63)(H,64,72)(H,65,79)(H,66,82)(H,67,83)(H,68,78)(H,69,84)(H,70,80)(H,71,81)(H,73,74)(H,75,76)(H4,55,56,60)(H4,57,58,61)/t32-,33-,34-,35-,36-,37-,38-,39-/m0/s1. The van der Waals surface area contributed by atoms with E-state index in [4.69, 9.17) is 40.1 Å². The Labute approximate surface area is 482 Å². The first-order valence-electron chi connectivity index (χ1n) is 27.1. The number of para-hydroxylation sites is 1. The van der Waals surface area contributed by atoms with Crippen molar-refractivity contribution in [3.8, 4) is 0 Å². The summed E-state index contributed by atoms with van der Waals surface area (Å²) in [4.78, 5) is 166. The topological polar surface area (TPSA) is 576 Å². The van der Waals surface area contributed by atoms with Crippen LogP contribution in [0.1, 0.15) is 95.2 Å². The Kier molecular flexibility index (Phi) is 29.6. The number of guanidine groups is 2. The Bertz CT molecular complexity index is 2760. The normalized spacial score (nSPS) is 13.8. The van der Waals surface area contributed by atoms with Crippen LogP contribution in [0.4, 0.5) is 0 Å². The highest BCUT2D eigenvalue weighted by Crippen LogP contribution is 2.20. The molecule has 1 aromatic carbocycles. The van der Waals surface area contributed by atoms with Crippen LogP contribution in [0.5, 0.6) is 0 Å². The third-order valence-corrected chi connectivity index (χ3v) is 12.8. The van der Waals surface area contributed by atoms with Crippen molar-refractivity contribution in [3.05, 3.63) is 54.2 Å². The Balaban J connectivity index is 1.98. The number of carboxylic acids is 2. The molecule has 9 amide bonds. The van der Waals surface area contributed by atoms with E-state index in [1.807, 2.05) is 0 Å². The van der Waals surface area contributed by atoms with Gasteiger partial charge in [-0.3, -0.25) is 62.7 Å². The van der Waals surface area contributed by atoms with Gasteiger partial charge in [0.1, 0.15) is 48.3 Å². The van der Waals surface area contributed by atoms with Gasteiger partial charge in [0.15, 0.2) is 11.9 Å². The first-order valence-corrected chi connectivity index (χ1v) is 27.1. The second kappa shape index (κ2) is 36.1. The molecule has 0 aliphatic carbocycles. The average Bonchev–Trinajstić information content (AvgIpc) is 3.80. The molecule has 26 N–H and O–H groups in total. The van der Waals surface area contributed by atoms with Crippen LogP contribution in [0.2, 0.25) is 0 Å². The number of H-pyrrole nitrogens is 2. The first-order chi connectivity index (χ1) is 39.9. The van der Waals surface area contributed by atoms with Gasteiger partial charge in [-0.25, -0.2) is 4.98 Å². The van der Waals surface area contributed by atoms with Gasteiger partial charge in [0.05, 0.1) is 19.2 Å². The number of hydrogen-bond donors (Lipinski definition) is 19. The summed E-state index contributed by atoms with van der Waals surface area (Å²) in [6, 6.07) is -5.47. The van der Waals surface area contributed by atoms with Gasteiger partial charge in [0.25, 0.3) is 0 Å². The number of amides is 9. The van der Waals surface area contributed by atoms with Crippen LogP contribution >= 0.6 is 0 Å². The molecule has 2 heterocycles. The molecule has 0 saturated carbocycles. The van der Waals surface area contributed by atoms with Gasteiger partial charge in [-0.05, 0) is 88.9 Å². The second-order valence-corrected chi connectivity index (χ2v) is 19.6. The van der Waals surface area contributed by atoms with Crippen LogP contribution in [-0.4, -0.2) is 177 Å². The molecular weight excluding hydrogens is 1100 g/mol. The molecule has 2 aromatic heterocycles. The van der Waals surface area contributed by atoms with Crippen molar-refractivity contribution in [2.45, 2.75) is 145 Å². The zero-order chi connectivity index (χ0) is 62.3. The number of nitrogens with two attached hydrogens (primary N) is 7. The van der Waals surface area contributed by atoms with Crippen LogP contribution < -0.4 is 82.7 Å². The van der Waals surface area contributed by atoms with Gasteiger partial charge in [-0.1, -0.05) is 18.2 Å². The summed E-state index contributed by atoms with van der Waals surface area (Å²) >= 11 is 0. The van der Waals surface area contributed by atoms with Crippen LogP contribution in [0.3, 0.4) is 0 Å². The third-order valence-electron chi connectivity index (χ3n) is 12.8. The molecule has 33 nitrogen and oxygen atoms in total. The van der Waals surface area contributed by atoms with E-state index in [2.05, 4.69) is 67.5 Å². The summed E-state index contributed by atoms with van der Waals surface area (Å²) in [5.74, 6) is -12.5. The number of aliphatic carboxylic acids is 2. The van der Waals surface area contributed by atoms with Gasteiger partial charge in [0, 0.05) is 61.8 Å². The molecule has 0 saturated heterocycles. The molecule has 0 fully saturated rings. The molecule has 0 radical (unpaired) electrons. The highest BCUT2D eigenvalue weighted by Gasteiger charge is 2.36.